The van der Waals surface area contributed by atoms with Crippen LogP contribution in [0.2, 0.25) is 0 Å². The number of amides is 1. The lowest BCUT2D eigenvalue weighted by Gasteiger charge is -2.14. The lowest BCUT2D eigenvalue weighted by Crippen LogP contribution is -2.30. The minimum absolute atomic E-state index is 0.0421. The summed E-state index contributed by atoms with van der Waals surface area (Å²) in [7, 11) is 0. The molecule has 170 valence electrons. The van der Waals surface area contributed by atoms with Crippen molar-refractivity contribution in [3.05, 3.63) is 78.4 Å². The van der Waals surface area contributed by atoms with Gasteiger partial charge in [-0.3, -0.25) is 9.89 Å². The molecule has 1 aromatic heterocycles. The SMILES string of the molecule is CC(Oc1ccccc1)C(=O)Nc1n[nH]c2cc(OCc3ccccc3OC(F)F)ccc12. The Kier molecular flexibility index (Phi) is 6.68. The van der Waals surface area contributed by atoms with Crippen LogP contribution in [0.5, 0.6) is 17.2 Å². The Hall–Kier alpha value is -4.14. The average molecular weight is 453 g/mol. The highest BCUT2D eigenvalue weighted by Gasteiger charge is 2.18. The molecule has 1 heterocycles. The molecule has 1 unspecified atom stereocenters. The summed E-state index contributed by atoms with van der Waals surface area (Å²) in [6.07, 6.45) is -0.725. The maximum atomic E-state index is 12.6. The quantitative estimate of drug-likeness (QED) is 0.366. The van der Waals surface area contributed by atoms with Crippen LogP contribution in [0.25, 0.3) is 10.9 Å². The summed E-state index contributed by atoms with van der Waals surface area (Å²) >= 11 is 0. The molecule has 1 amide bonds. The summed E-state index contributed by atoms with van der Waals surface area (Å²) in [6, 6.07) is 20.6. The molecule has 0 radical (unpaired) electrons. The van der Waals surface area contributed by atoms with Crippen molar-refractivity contribution in [2.45, 2.75) is 26.2 Å². The van der Waals surface area contributed by atoms with Crippen molar-refractivity contribution in [2.75, 3.05) is 5.32 Å². The Labute approximate surface area is 188 Å². The number of hydrogen-bond donors (Lipinski definition) is 2. The first-order valence-corrected chi connectivity index (χ1v) is 10.2. The molecular formula is C24H21F2N3O4. The second kappa shape index (κ2) is 9.99. The third-order valence-electron chi connectivity index (χ3n) is 4.78. The van der Waals surface area contributed by atoms with Gasteiger partial charge in [0.2, 0.25) is 0 Å². The number of benzene rings is 3. The van der Waals surface area contributed by atoms with Crippen molar-refractivity contribution in [1.82, 2.24) is 10.2 Å². The van der Waals surface area contributed by atoms with Crippen molar-refractivity contribution in [3.8, 4) is 17.2 Å². The van der Waals surface area contributed by atoms with Crippen LogP contribution in [0.4, 0.5) is 14.6 Å². The molecule has 0 saturated carbocycles. The van der Waals surface area contributed by atoms with E-state index in [4.69, 9.17) is 9.47 Å². The Morgan fingerprint density at radius 2 is 1.76 bits per heavy atom. The third-order valence-corrected chi connectivity index (χ3v) is 4.78. The summed E-state index contributed by atoms with van der Waals surface area (Å²) in [5, 5.41) is 10.4. The van der Waals surface area contributed by atoms with E-state index in [1.165, 1.54) is 6.07 Å². The molecule has 33 heavy (non-hydrogen) atoms. The van der Waals surface area contributed by atoms with Gasteiger partial charge in [-0.15, -0.1) is 0 Å². The summed E-state index contributed by atoms with van der Waals surface area (Å²) in [6.45, 7) is -1.22. The fourth-order valence-electron chi connectivity index (χ4n) is 3.15. The average Bonchev–Trinajstić information content (AvgIpc) is 3.20. The van der Waals surface area contributed by atoms with Crippen LogP contribution >= 0.6 is 0 Å². The first-order valence-electron chi connectivity index (χ1n) is 10.2. The summed E-state index contributed by atoms with van der Waals surface area (Å²) < 4.78 is 41.1. The molecule has 9 heteroatoms. The molecule has 7 nitrogen and oxygen atoms in total. The summed E-state index contributed by atoms with van der Waals surface area (Å²) in [5.41, 5.74) is 1.12. The van der Waals surface area contributed by atoms with E-state index in [1.54, 1.807) is 55.5 Å². The Morgan fingerprint density at radius 3 is 2.55 bits per heavy atom. The minimum Gasteiger partial charge on any atom is -0.489 e. The van der Waals surface area contributed by atoms with Crippen LogP contribution in [0.1, 0.15) is 12.5 Å². The zero-order valence-corrected chi connectivity index (χ0v) is 17.6. The van der Waals surface area contributed by atoms with Crippen molar-refractivity contribution in [3.63, 3.8) is 0 Å². The lowest BCUT2D eigenvalue weighted by atomic mass is 10.2. The van der Waals surface area contributed by atoms with Gasteiger partial charge in [-0.05, 0) is 37.3 Å². The molecule has 0 aliphatic heterocycles. The molecule has 0 saturated heterocycles. The predicted molar refractivity (Wildman–Crippen MR) is 119 cm³/mol. The van der Waals surface area contributed by atoms with E-state index in [1.807, 2.05) is 18.2 Å². The number of alkyl halides is 2. The van der Waals surface area contributed by atoms with Crippen LogP contribution in [0.3, 0.4) is 0 Å². The highest BCUT2D eigenvalue weighted by atomic mass is 19.3. The Bertz CT molecular complexity index is 1230. The van der Waals surface area contributed by atoms with Crippen molar-refractivity contribution in [2.24, 2.45) is 0 Å². The van der Waals surface area contributed by atoms with Gasteiger partial charge in [-0.25, -0.2) is 0 Å². The number of carbonyl (C=O) groups excluding carboxylic acids is 1. The molecule has 4 rings (SSSR count). The molecular weight excluding hydrogens is 432 g/mol. The van der Waals surface area contributed by atoms with Crippen molar-refractivity contribution < 1.29 is 27.8 Å². The number of anilines is 1. The number of halogens is 2. The van der Waals surface area contributed by atoms with Crippen molar-refractivity contribution in [1.29, 1.82) is 0 Å². The fourth-order valence-corrected chi connectivity index (χ4v) is 3.15. The van der Waals surface area contributed by atoms with Crippen LogP contribution in [-0.4, -0.2) is 28.8 Å². The largest absolute Gasteiger partial charge is 0.489 e. The molecule has 0 fully saturated rings. The van der Waals surface area contributed by atoms with Crippen molar-refractivity contribution >= 4 is 22.6 Å². The topological polar surface area (TPSA) is 85.5 Å². The maximum Gasteiger partial charge on any atom is 0.387 e. The molecule has 0 bridgehead atoms. The molecule has 0 spiro atoms. The van der Waals surface area contributed by atoms with Gasteiger partial charge in [0, 0.05) is 17.0 Å². The second-order valence-electron chi connectivity index (χ2n) is 7.12. The number of nitrogens with zero attached hydrogens (tertiary/aromatic N) is 1. The predicted octanol–water partition coefficient (Wildman–Crippen LogP) is 5.15. The van der Waals surface area contributed by atoms with Gasteiger partial charge in [0.15, 0.2) is 11.9 Å². The molecule has 0 aliphatic rings. The Balaban J connectivity index is 1.41. The van der Waals surface area contributed by atoms with E-state index in [0.29, 0.717) is 33.8 Å². The number of carbonyl (C=O) groups is 1. The molecule has 3 aromatic carbocycles. The molecule has 4 aromatic rings. The zero-order chi connectivity index (χ0) is 23.2. The number of ether oxygens (including phenoxy) is 3. The van der Waals surface area contributed by atoms with Gasteiger partial charge < -0.3 is 19.5 Å². The first kappa shape index (κ1) is 22.1. The number of aromatic amines is 1. The number of aromatic nitrogens is 2. The normalized spacial score (nSPS) is 11.9. The monoisotopic (exact) mass is 453 g/mol. The van der Waals surface area contributed by atoms with E-state index in [-0.39, 0.29) is 18.3 Å². The van der Waals surface area contributed by atoms with Gasteiger partial charge in [0.05, 0.1) is 5.52 Å². The Morgan fingerprint density at radius 1 is 1.00 bits per heavy atom. The third kappa shape index (κ3) is 5.57. The van der Waals surface area contributed by atoms with E-state index < -0.39 is 12.7 Å². The fraction of sp³-hybridized carbons (Fsp3) is 0.167. The number of H-pyrrole nitrogens is 1. The number of rotatable bonds is 9. The van der Waals surface area contributed by atoms with E-state index in [9.17, 15) is 13.6 Å². The van der Waals surface area contributed by atoms with Gasteiger partial charge >= 0.3 is 6.61 Å². The van der Waals surface area contributed by atoms with Crippen LogP contribution in [-0.2, 0) is 11.4 Å². The number of nitrogens with one attached hydrogen (secondary N) is 2. The number of hydrogen-bond acceptors (Lipinski definition) is 5. The number of fused-ring (bicyclic) bond motifs is 1. The van der Waals surface area contributed by atoms with Gasteiger partial charge in [-0.2, -0.15) is 13.9 Å². The van der Waals surface area contributed by atoms with Crippen LogP contribution in [0, 0.1) is 0 Å². The zero-order valence-electron chi connectivity index (χ0n) is 17.6. The highest BCUT2D eigenvalue weighted by molar-refractivity contribution is 6.01. The van der Waals surface area contributed by atoms with E-state index >= 15 is 0 Å². The van der Waals surface area contributed by atoms with Gasteiger partial charge in [0.1, 0.15) is 23.9 Å². The van der Waals surface area contributed by atoms with Crippen LogP contribution < -0.4 is 19.5 Å². The summed E-state index contributed by atoms with van der Waals surface area (Å²) in [5.74, 6) is 1.17. The first-order chi connectivity index (χ1) is 16.0. The summed E-state index contributed by atoms with van der Waals surface area (Å²) in [4.78, 5) is 12.5. The molecule has 1 atom stereocenters. The molecule has 0 aliphatic carbocycles. The standard InChI is InChI=1S/C24H21F2N3O4/c1-15(32-17-8-3-2-4-9-17)23(30)27-22-19-12-11-18(13-20(19)28-29-22)31-14-16-7-5-6-10-21(16)33-24(25)26/h2-13,15,24H,14H2,1H3,(H2,27,28,29,30). The van der Waals surface area contributed by atoms with Crippen LogP contribution in [0.15, 0.2) is 72.8 Å². The van der Waals surface area contributed by atoms with Gasteiger partial charge in [0.25, 0.3) is 5.91 Å². The van der Waals surface area contributed by atoms with E-state index in [2.05, 4.69) is 20.3 Å². The second-order valence-corrected chi connectivity index (χ2v) is 7.12. The minimum atomic E-state index is -2.91. The number of para-hydroxylation sites is 2. The maximum absolute atomic E-state index is 12.6. The van der Waals surface area contributed by atoms with Gasteiger partial charge in [-0.1, -0.05) is 36.4 Å². The smallest absolute Gasteiger partial charge is 0.387 e. The highest BCUT2D eigenvalue weighted by Crippen LogP contribution is 2.27. The van der Waals surface area contributed by atoms with E-state index in [0.717, 1.165) is 0 Å². The molecule has 2 N–H and O–H groups in total. The lowest BCUT2D eigenvalue weighted by molar-refractivity contribution is -0.122.